The molecule has 0 spiro atoms. The van der Waals surface area contributed by atoms with Crippen molar-refractivity contribution < 1.29 is 19.1 Å². The van der Waals surface area contributed by atoms with Gasteiger partial charge in [-0.2, -0.15) is 0 Å². The van der Waals surface area contributed by atoms with Gasteiger partial charge in [-0.25, -0.2) is 0 Å². The molecule has 2 amide bonds. The van der Waals surface area contributed by atoms with Crippen molar-refractivity contribution in [2.75, 3.05) is 26.4 Å². The molecule has 1 aliphatic heterocycles. The maximum absolute atomic E-state index is 12.0. The highest BCUT2D eigenvalue weighted by Crippen LogP contribution is 2.11. The largest absolute Gasteiger partial charge is 0.379 e. The fourth-order valence-corrected chi connectivity index (χ4v) is 2.46. The third-order valence-corrected chi connectivity index (χ3v) is 3.87. The van der Waals surface area contributed by atoms with Crippen molar-refractivity contribution in [3.63, 3.8) is 0 Å². The van der Waals surface area contributed by atoms with Gasteiger partial charge in [0.15, 0.2) is 0 Å². The van der Waals surface area contributed by atoms with Crippen LogP contribution in [0.25, 0.3) is 0 Å². The first-order valence-electron chi connectivity index (χ1n) is 8.50. The van der Waals surface area contributed by atoms with Crippen LogP contribution in [0, 0.1) is 0 Å². The zero-order chi connectivity index (χ0) is 17.2. The zero-order valence-electron chi connectivity index (χ0n) is 14.1. The van der Waals surface area contributed by atoms with E-state index in [0.29, 0.717) is 25.3 Å². The van der Waals surface area contributed by atoms with E-state index in [9.17, 15) is 9.59 Å². The molecular formula is C18H26N2O4. The molecular weight excluding hydrogens is 308 g/mol. The molecule has 1 heterocycles. The minimum Gasteiger partial charge on any atom is -0.379 e. The molecule has 0 aliphatic carbocycles. The number of hydrogen-bond acceptors (Lipinski definition) is 4. The maximum Gasteiger partial charge on any atom is 0.251 e. The van der Waals surface area contributed by atoms with Crippen LogP contribution in [0.2, 0.25) is 0 Å². The van der Waals surface area contributed by atoms with Crippen LogP contribution in [0.5, 0.6) is 0 Å². The smallest absolute Gasteiger partial charge is 0.251 e. The molecule has 0 bridgehead atoms. The van der Waals surface area contributed by atoms with Crippen LogP contribution >= 0.6 is 0 Å². The highest BCUT2D eigenvalue weighted by Gasteiger charge is 2.16. The Morgan fingerprint density at radius 3 is 2.83 bits per heavy atom. The van der Waals surface area contributed by atoms with E-state index >= 15 is 0 Å². The van der Waals surface area contributed by atoms with E-state index in [1.54, 1.807) is 31.2 Å². The number of ether oxygens (including phenoxy) is 2. The lowest BCUT2D eigenvalue weighted by molar-refractivity contribution is -0.122. The number of carbonyl (C=O) groups is 2. The lowest BCUT2D eigenvalue weighted by Crippen LogP contribution is -2.45. The van der Waals surface area contributed by atoms with E-state index < -0.39 is 6.04 Å². The van der Waals surface area contributed by atoms with Crippen LogP contribution in [-0.2, 0) is 14.3 Å². The molecule has 132 valence electrons. The Bertz CT molecular complexity index is 515. The van der Waals surface area contributed by atoms with Crippen molar-refractivity contribution in [3.8, 4) is 0 Å². The topological polar surface area (TPSA) is 76.7 Å². The van der Waals surface area contributed by atoms with E-state index in [-0.39, 0.29) is 17.9 Å². The summed E-state index contributed by atoms with van der Waals surface area (Å²) in [6.45, 7) is 4.24. The molecule has 0 radical (unpaired) electrons. The van der Waals surface area contributed by atoms with Gasteiger partial charge in [0, 0.05) is 25.3 Å². The molecule has 1 aromatic rings. The average Bonchev–Trinajstić information content (AvgIpc) is 3.11. The summed E-state index contributed by atoms with van der Waals surface area (Å²) in [7, 11) is 0. The number of hydrogen-bond donors (Lipinski definition) is 2. The quantitative estimate of drug-likeness (QED) is 0.671. The predicted molar refractivity (Wildman–Crippen MR) is 90.8 cm³/mol. The normalized spacial score (nSPS) is 18.1. The van der Waals surface area contributed by atoms with Gasteiger partial charge >= 0.3 is 0 Å². The summed E-state index contributed by atoms with van der Waals surface area (Å²) in [6, 6.07) is 8.27. The summed E-state index contributed by atoms with van der Waals surface area (Å²) < 4.78 is 11.0. The zero-order valence-corrected chi connectivity index (χ0v) is 14.1. The molecule has 1 fully saturated rings. The van der Waals surface area contributed by atoms with Crippen LogP contribution in [0.4, 0.5) is 0 Å². The second kappa shape index (κ2) is 10.1. The van der Waals surface area contributed by atoms with Gasteiger partial charge in [0.2, 0.25) is 5.91 Å². The Labute approximate surface area is 142 Å². The van der Waals surface area contributed by atoms with Gasteiger partial charge in [-0.05, 0) is 38.3 Å². The highest BCUT2D eigenvalue weighted by molar-refractivity contribution is 5.97. The number of amides is 2. The van der Waals surface area contributed by atoms with Gasteiger partial charge < -0.3 is 20.1 Å². The molecule has 2 unspecified atom stereocenters. The average molecular weight is 334 g/mol. The van der Waals surface area contributed by atoms with Crippen molar-refractivity contribution in [2.45, 2.75) is 38.3 Å². The number of nitrogens with one attached hydrogen (secondary N) is 2. The van der Waals surface area contributed by atoms with E-state index in [2.05, 4.69) is 10.6 Å². The fourth-order valence-electron chi connectivity index (χ4n) is 2.46. The molecule has 24 heavy (non-hydrogen) atoms. The molecule has 6 nitrogen and oxygen atoms in total. The van der Waals surface area contributed by atoms with Gasteiger partial charge in [0.1, 0.15) is 6.04 Å². The highest BCUT2D eigenvalue weighted by atomic mass is 16.5. The molecule has 2 rings (SSSR count). The van der Waals surface area contributed by atoms with Gasteiger partial charge in [-0.15, -0.1) is 0 Å². The molecule has 1 aliphatic rings. The molecule has 1 saturated heterocycles. The molecule has 6 heteroatoms. The maximum atomic E-state index is 12.0. The van der Waals surface area contributed by atoms with Crippen LogP contribution in [-0.4, -0.2) is 50.3 Å². The van der Waals surface area contributed by atoms with Crippen LogP contribution in [0.3, 0.4) is 0 Å². The monoisotopic (exact) mass is 334 g/mol. The van der Waals surface area contributed by atoms with Crippen molar-refractivity contribution in [1.82, 2.24) is 10.6 Å². The van der Waals surface area contributed by atoms with Crippen molar-refractivity contribution in [3.05, 3.63) is 35.9 Å². The Morgan fingerprint density at radius 2 is 2.12 bits per heavy atom. The first kappa shape index (κ1) is 18.4. The van der Waals surface area contributed by atoms with Crippen LogP contribution in [0.15, 0.2) is 30.3 Å². The van der Waals surface area contributed by atoms with E-state index in [0.717, 1.165) is 25.9 Å². The minimum absolute atomic E-state index is 0.196. The fraction of sp³-hybridized carbons (Fsp3) is 0.556. The third kappa shape index (κ3) is 6.29. The van der Waals surface area contributed by atoms with Crippen molar-refractivity contribution in [1.29, 1.82) is 0 Å². The summed E-state index contributed by atoms with van der Waals surface area (Å²) in [6.07, 6.45) is 3.14. The van der Waals surface area contributed by atoms with Crippen LogP contribution < -0.4 is 10.6 Å². The van der Waals surface area contributed by atoms with Gasteiger partial charge in [0.25, 0.3) is 5.91 Å². The summed E-state index contributed by atoms with van der Waals surface area (Å²) in [5, 5.41) is 5.49. The van der Waals surface area contributed by atoms with E-state index in [4.69, 9.17) is 9.47 Å². The van der Waals surface area contributed by atoms with Crippen LogP contribution in [0.1, 0.15) is 36.5 Å². The Balaban J connectivity index is 1.55. The summed E-state index contributed by atoms with van der Waals surface area (Å²) in [4.78, 5) is 23.9. The molecule has 1 aromatic carbocycles. The lowest BCUT2D eigenvalue weighted by Gasteiger charge is -2.14. The number of benzene rings is 1. The van der Waals surface area contributed by atoms with E-state index in [1.807, 2.05) is 6.07 Å². The van der Waals surface area contributed by atoms with Gasteiger partial charge in [0.05, 0.1) is 12.7 Å². The SMILES string of the molecule is CC(NC(=O)c1ccccc1)C(=O)NCCCOCC1CCCO1. The Hall–Kier alpha value is -1.92. The third-order valence-electron chi connectivity index (χ3n) is 3.87. The van der Waals surface area contributed by atoms with Crippen molar-refractivity contribution in [2.24, 2.45) is 0 Å². The lowest BCUT2D eigenvalue weighted by atomic mass is 10.2. The Kier molecular flexibility index (Phi) is 7.71. The standard InChI is InChI=1S/C18H26N2O4/c1-14(20-18(22)15-7-3-2-4-8-15)17(21)19-10-6-11-23-13-16-9-5-12-24-16/h2-4,7-8,14,16H,5-6,9-13H2,1H3,(H,19,21)(H,20,22). The first-order chi connectivity index (χ1) is 11.7. The summed E-state index contributed by atoms with van der Waals surface area (Å²) >= 11 is 0. The summed E-state index contributed by atoms with van der Waals surface area (Å²) in [5.41, 5.74) is 0.541. The molecule has 2 N–H and O–H groups in total. The Morgan fingerprint density at radius 1 is 1.33 bits per heavy atom. The number of carbonyl (C=O) groups excluding carboxylic acids is 2. The second-order valence-electron chi connectivity index (χ2n) is 5.92. The van der Waals surface area contributed by atoms with Gasteiger partial charge in [-0.3, -0.25) is 9.59 Å². The summed E-state index contributed by atoms with van der Waals surface area (Å²) in [5.74, 6) is -0.448. The minimum atomic E-state index is -0.578. The number of rotatable bonds is 9. The van der Waals surface area contributed by atoms with E-state index in [1.165, 1.54) is 0 Å². The molecule has 0 aromatic heterocycles. The van der Waals surface area contributed by atoms with Gasteiger partial charge in [-0.1, -0.05) is 18.2 Å². The van der Waals surface area contributed by atoms with Crippen molar-refractivity contribution >= 4 is 11.8 Å². The first-order valence-corrected chi connectivity index (χ1v) is 8.50. The predicted octanol–water partition coefficient (Wildman–Crippen LogP) is 1.51. The molecule has 2 atom stereocenters. The second-order valence-corrected chi connectivity index (χ2v) is 5.92. The molecule has 0 saturated carbocycles.